The van der Waals surface area contributed by atoms with Gasteiger partial charge < -0.3 is 20.6 Å². The van der Waals surface area contributed by atoms with E-state index in [9.17, 15) is 14.3 Å². The molecule has 3 fully saturated rings. The second-order valence-corrected chi connectivity index (χ2v) is 14.0. The molecule has 1 aliphatic heterocycles. The van der Waals surface area contributed by atoms with Crippen LogP contribution in [0.4, 0.5) is 10.1 Å². The topological polar surface area (TPSA) is 95.3 Å². The molecule has 1 atom stereocenters. The van der Waals surface area contributed by atoms with Gasteiger partial charge in [-0.15, -0.1) is 0 Å². The number of aromatic nitrogens is 3. The number of hydrogen-bond donors (Lipinski definition) is 3. The molecule has 6 rings (SSSR count). The van der Waals surface area contributed by atoms with Crippen LogP contribution in [0.3, 0.4) is 0 Å². The fraction of sp³-hybridized carbons (Fsp3) is 0.571. The Morgan fingerprint density at radius 2 is 1.71 bits per heavy atom. The van der Waals surface area contributed by atoms with Gasteiger partial charge in [0, 0.05) is 42.8 Å². The van der Waals surface area contributed by atoms with E-state index in [4.69, 9.17) is 11.6 Å². The second kappa shape index (κ2) is 14.5. The van der Waals surface area contributed by atoms with Gasteiger partial charge in [0.1, 0.15) is 24.2 Å². The summed E-state index contributed by atoms with van der Waals surface area (Å²) in [5.74, 6) is 0.320. The number of aromatic hydroxyl groups is 1. The predicted octanol–water partition coefficient (Wildman–Crippen LogP) is 6.59. The van der Waals surface area contributed by atoms with Crippen LogP contribution in [0.15, 0.2) is 55.1 Å². The molecule has 1 amide bonds. The smallest absolute Gasteiger partial charge is 0.240 e. The van der Waals surface area contributed by atoms with E-state index in [1.807, 2.05) is 35.3 Å². The van der Waals surface area contributed by atoms with Crippen molar-refractivity contribution in [2.45, 2.75) is 102 Å². The molecule has 0 bridgehead atoms. The summed E-state index contributed by atoms with van der Waals surface area (Å²) in [5.41, 5.74) is 1.79. The van der Waals surface area contributed by atoms with Crippen molar-refractivity contribution < 1.29 is 14.3 Å². The zero-order chi connectivity index (χ0) is 31.2. The average molecular weight is 637 g/mol. The normalized spacial score (nSPS) is 23.0. The third kappa shape index (κ3) is 7.98. The SMILES string of the molecule is O=C([C@@H](Cc1ccc(Cl)cc1)NC1CCC(Nc2ccc(F)cc2O)CC1)N1CCC(Cn2cncn2)(C2CCCCC2)CC1. The lowest BCUT2D eigenvalue weighted by Gasteiger charge is -2.48. The van der Waals surface area contributed by atoms with Crippen molar-refractivity contribution in [3.05, 3.63) is 71.5 Å². The third-order valence-electron chi connectivity index (χ3n) is 10.6. The first kappa shape index (κ1) is 31.8. The number of likely N-dealkylation sites (tertiary alicyclic amines) is 1. The molecule has 10 heteroatoms. The highest BCUT2D eigenvalue weighted by Gasteiger charge is 2.44. The van der Waals surface area contributed by atoms with Crippen LogP contribution in [-0.4, -0.2) is 61.9 Å². The van der Waals surface area contributed by atoms with Crippen LogP contribution in [-0.2, 0) is 17.8 Å². The van der Waals surface area contributed by atoms with Crippen molar-refractivity contribution in [1.82, 2.24) is 25.0 Å². The number of benzene rings is 2. The number of rotatable bonds is 10. The number of phenols is 1. The molecule has 2 heterocycles. The number of carbonyl (C=O) groups is 1. The second-order valence-electron chi connectivity index (χ2n) is 13.5. The van der Waals surface area contributed by atoms with Gasteiger partial charge in [-0.3, -0.25) is 9.48 Å². The van der Waals surface area contributed by atoms with Gasteiger partial charge in [-0.25, -0.2) is 9.37 Å². The zero-order valence-corrected chi connectivity index (χ0v) is 26.8. The molecule has 2 saturated carbocycles. The lowest BCUT2D eigenvalue weighted by Crippen LogP contribution is -2.55. The standard InChI is InChI=1S/C35H46ClFN6O2/c36-27-8-6-25(7-9-27)20-32(41-30-13-11-29(12-14-30)40-31-15-10-28(37)21-33(31)44)34(45)42-18-16-35(17-19-42,22-43-24-38-23-39-43)26-4-2-1-3-5-26/h6-10,15,21,23-24,26,29-30,32,40-41,44H,1-5,11-14,16-20,22H2/t29?,30?,32-/m1/s1. The van der Waals surface area contributed by atoms with Gasteiger partial charge in [0.15, 0.2) is 0 Å². The van der Waals surface area contributed by atoms with E-state index in [0.29, 0.717) is 23.0 Å². The first-order valence-electron chi connectivity index (χ1n) is 16.7. The average Bonchev–Trinajstić information content (AvgIpc) is 3.57. The van der Waals surface area contributed by atoms with Gasteiger partial charge >= 0.3 is 0 Å². The largest absolute Gasteiger partial charge is 0.506 e. The lowest BCUT2D eigenvalue weighted by atomic mass is 9.63. The molecular formula is C35H46ClFN6O2. The number of carbonyl (C=O) groups excluding carboxylic acids is 1. The Bertz CT molecular complexity index is 1380. The number of hydrogen-bond acceptors (Lipinski definition) is 6. The summed E-state index contributed by atoms with van der Waals surface area (Å²) >= 11 is 6.18. The number of halogens is 2. The van der Waals surface area contributed by atoms with Gasteiger partial charge in [-0.2, -0.15) is 5.10 Å². The summed E-state index contributed by atoms with van der Waals surface area (Å²) in [7, 11) is 0. The molecule has 242 valence electrons. The van der Waals surface area contributed by atoms with Gasteiger partial charge in [-0.05, 0) is 98.9 Å². The summed E-state index contributed by atoms with van der Waals surface area (Å²) in [6.07, 6.45) is 16.1. The Labute approximate surface area is 270 Å². The molecule has 0 radical (unpaired) electrons. The van der Waals surface area contributed by atoms with Crippen molar-refractivity contribution in [2.24, 2.45) is 11.3 Å². The minimum atomic E-state index is -0.453. The number of piperidine rings is 1. The van der Waals surface area contributed by atoms with Gasteiger partial charge in [-0.1, -0.05) is 43.0 Å². The van der Waals surface area contributed by atoms with Crippen molar-refractivity contribution >= 4 is 23.2 Å². The Kier molecular flexibility index (Phi) is 10.2. The highest BCUT2D eigenvalue weighted by Crippen LogP contribution is 2.47. The summed E-state index contributed by atoms with van der Waals surface area (Å²) in [6.45, 7) is 2.40. The van der Waals surface area contributed by atoms with Crippen molar-refractivity contribution in [3.8, 4) is 5.75 Å². The van der Waals surface area contributed by atoms with Crippen molar-refractivity contribution in [2.75, 3.05) is 18.4 Å². The number of amides is 1. The zero-order valence-electron chi connectivity index (χ0n) is 26.0. The van der Waals surface area contributed by atoms with E-state index in [2.05, 4.69) is 25.6 Å². The molecule has 3 aromatic rings. The highest BCUT2D eigenvalue weighted by atomic mass is 35.5. The highest BCUT2D eigenvalue weighted by molar-refractivity contribution is 6.30. The van der Waals surface area contributed by atoms with Gasteiger partial charge in [0.25, 0.3) is 0 Å². The molecule has 1 aromatic heterocycles. The monoisotopic (exact) mass is 636 g/mol. The molecule has 45 heavy (non-hydrogen) atoms. The first-order chi connectivity index (χ1) is 21.9. The Morgan fingerprint density at radius 3 is 2.38 bits per heavy atom. The quantitative estimate of drug-likeness (QED) is 0.217. The van der Waals surface area contributed by atoms with E-state index in [1.165, 1.54) is 38.2 Å². The lowest BCUT2D eigenvalue weighted by molar-refractivity contribution is -0.137. The van der Waals surface area contributed by atoms with E-state index >= 15 is 0 Å². The summed E-state index contributed by atoms with van der Waals surface area (Å²) in [4.78, 5) is 20.6. The molecule has 3 N–H and O–H groups in total. The number of nitrogens with zero attached hydrogens (tertiary/aromatic N) is 4. The number of phenolic OH excluding ortho intramolecular Hbond substituents is 1. The van der Waals surface area contributed by atoms with E-state index in [1.54, 1.807) is 12.4 Å². The van der Waals surface area contributed by atoms with Crippen LogP contribution in [0.2, 0.25) is 5.02 Å². The number of anilines is 1. The summed E-state index contributed by atoms with van der Waals surface area (Å²) < 4.78 is 15.4. The molecule has 0 unspecified atom stereocenters. The van der Waals surface area contributed by atoms with E-state index < -0.39 is 5.82 Å². The molecular weight excluding hydrogens is 591 g/mol. The van der Waals surface area contributed by atoms with Crippen LogP contribution in [0.5, 0.6) is 5.75 Å². The fourth-order valence-corrected chi connectivity index (χ4v) is 8.18. The minimum Gasteiger partial charge on any atom is -0.506 e. The van der Waals surface area contributed by atoms with Gasteiger partial charge in [0.05, 0.1) is 11.7 Å². The fourth-order valence-electron chi connectivity index (χ4n) is 8.05. The minimum absolute atomic E-state index is 0.0702. The maximum Gasteiger partial charge on any atom is 0.240 e. The Morgan fingerprint density at radius 1 is 1.00 bits per heavy atom. The third-order valence-corrected chi connectivity index (χ3v) is 10.9. The van der Waals surface area contributed by atoms with E-state index in [0.717, 1.165) is 69.8 Å². The van der Waals surface area contributed by atoms with E-state index in [-0.39, 0.29) is 35.2 Å². The molecule has 1 saturated heterocycles. The first-order valence-corrected chi connectivity index (χ1v) is 17.1. The van der Waals surface area contributed by atoms with Crippen LogP contribution in [0.25, 0.3) is 0 Å². The van der Waals surface area contributed by atoms with Crippen LogP contribution in [0, 0.1) is 17.2 Å². The summed E-state index contributed by atoms with van der Waals surface area (Å²) in [5, 5.41) is 22.4. The number of nitrogens with one attached hydrogen (secondary N) is 2. The molecule has 3 aliphatic rings. The van der Waals surface area contributed by atoms with Crippen molar-refractivity contribution in [3.63, 3.8) is 0 Å². The predicted molar refractivity (Wildman–Crippen MR) is 175 cm³/mol. The Balaban J connectivity index is 1.11. The molecule has 8 nitrogen and oxygen atoms in total. The van der Waals surface area contributed by atoms with Crippen LogP contribution < -0.4 is 10.6 Å². The van der Waals surface area contributed by atoms with Crippen LogP contribution in [0.1, 0.15) is 76.2 Å². The maximum atomic E-state index is 14.3. The van der Waals surface area contributed by atoms with Crippen LogP contribution >= 0.6 is 11.6 Å². The Hall–Kier alpha value is -3.17. The molecule has 0 spiro atoms. The van der Waals surface area contributed by atoms with Crippen molar-refractivity contribution in [1.29, 1.82) is 0 Å². The molecule has 2 aliphatic carbocycles. The maximum absolute atomic E-state index is 14.3. The van der Waals surface area contributed by atoms with Gasteiger partial charge in [0.2, 0.25) is 5.91 Å². The molecule has 2 aromatic carbocycles. The summed E-state index contributed by atoms with van der Waals surface area (Å²) in [6, 6.07) is 12.0.